The number of benzene rings is 1. The Morgan fingerprint density at radius 1 is 1.60 bits per heavy atom. The fraction of sp³-hybridized carbons (Fsp3) is 0.182. The maximum absolute atomic E-state index is 11.2. The smallest absolute Gasteiger partial charge is 0.339 e. The molecule has 0 saturated carbocycles. The lowest BCUT2D eigenvalue weighted by Gasteiger charge is -2.01. The SMILES string of the molecule is COC(=O)c1ccc(C#CCN)cc1Cl. The van der Waals surface area contributed by atoms with Crippen molar-refractivity contribution in [2.75, 3.05) is 13.7 Å². The van der Waals surface area contributed by atoms with Crippen molar-refractivity contribution in [3.63, 3.8) is 0 Å². The molecular weight excluding hydrogens is 214 g/mol. The molecule has 0 fully saturated rings. The van der Waals surface area contributed by atoms with Gasteiger partial charge in [0.15, 0.2) is 0 Å². The van der Waals surface area contributed by atoms with E-state index in [-0.39, 0.29) is 6.54 Å². The van der Waals surface area contributed by atoms with E-state index in [4.69, 9.17) is 17.3 Å². The molecule has 2 N–H and O–H groups in total. The van der Waals surface area contributed by atoms with Gasteiger partial charge in [0.25, 0.3) is 0 Å². The summed E-state index contributed by atoms with van der Waals surface area (Å²) in [7, 11) is 1.31. The molecule has 0 bridgehead atoms. The van der Waals surface area contributed by atoms with Crippen LogP contribution in [-0.4, -0.2) is 19.6 Å². The molecule has 0 heterocycles. The van der Waals surface area contributed by atoms with Gasteiger partial charge in [-0.1, -0.05) is 23.4 Å². The van der Waals surface area contributed by atoms with Crippen molar-refractivity contribution in [3.8, 4) is 11.8 Å². The first-order valence-corrected chi connectivity index (χ1v) is 4.63. The van der Waals surface area contributed by atoms with Crippen molar-refractivity contribution in [2.45, 2.75) is 0 Å². The average Bonchev–Trinajstić information content (AvgIpc) is 2.25. The quantitative estimate of drug-likeness (QED) is 0.579. The van der Waals surface area contributed by atoms with Gasteiger partial charge in [0.1, 0.15) is 0 Å². The zero-order valence-corrected chi connectivity index (χ0v) is 8.97. The third-order valence-electron chi connectivity index (χ3n) is 1.71. The Balaban J connectivity index is 3.03. The highest BCUT2D eigenvalue weighted by Gasteiger charge is 2.09. The lowest BCUT2D eigenvalue weighted by atomic mass is 10.1. The van der Waals surface area contributed by atoms with Crippen LogP contribution in [0.15, 0.2) is 18.2 Å². The van der Waals surface area contributed by atoms with Gasteiger partial charge < -0.3 is 10.5 Å². The van der Waals surface area contributed by atoms with Crippen LogP contribution in [0.2, 0.25) is 5.02 Å². The van der Waals surface area contributed by atoms with E-state index >= 15 is 0 Å². The minimum Gasteiger partial charge on any atom is -0.465 e. The molecule has 15 heavy (non-hydrogen) atoms. The minimum absolute atomic E-state index is 0.288. The Bertz CT molecular complexity index is 432. The number of hydrogen-bond acceptors (Lipinski definition) is 3. The van der Waals surface area contributed by atoms with Gasteiger partial charge in [0, 0.05) is 5.56 Å². The molecular formula is C11H10ClNO2. The summed E-state index contributed by atoms with van der Waals surface area (Å²) in [4.78, 5) is 11.2. The van der Waals surface area contributed by atoms with Crippen LogP contribution < -0.4 is 5.73 Å². The van der Waals surface area contributed by atoms with E-state index in [1.807, 2.05) is 0 Å². The number of hydrogen-bond donors (Lipinski definition) is 1. The van der Waals surface area contributed by atoms with Gasteiger partial charge in [0.05, 0.1) is 24.2 Å². The van der Waals surface area contributed by atoms with Crippen LogP contribution in [0.5, 0.6) is 0 Å². The van der Waals surface area contributed by atoms with Crippen molar-refractivity contribution in [2.24, 2.45) is 5.73 Å². The number of halogens is 1. The Hall–Kier alpha value is -1.50. The molecule has 0 aliphatic carbocycles. The molecule has 0 aliphatic rings. The maximum Gasteiger partial charge on any atom is 0.339 e. The normalized spacial score (nSPS) is 9.00. The third-order valence-corrected chi connectivity index (χ3v) is 2.02. The van der Waals surface area contributed by atoms with Gasteiger partial charge in [-0.15, -0.1) is 0 Å². The maximum atomic E-state index is 11.2. The second-order valence-corrected chi connectivity index (χ2v) is 3.10. The summed E-state index contributed by atoms with van der Waals surface area (Å²) < 4.78 is 4.56. The van der Waals surface area contributed by atoms with E-state index in [0.29, 0.717) is 10.6 Å². The van der Waals surface area contributed by atoms with Crippen molar-refractivity contribution in [1.29, 1.82) is 0 Å². The summed E-state index contributed by atoms with van der Waals surface area (Å²) in [6.45, 7) is 0.288. The predicted octanol–water partition coefficient (Wildman–Crippen LogP) is 1.44. The summed E-state index contributed by atoms with van der Waals surface area (Å²) in [6, 6.07) is 4.88. The Morgan fingerprint density at radius 3 is 2.87 bits per heavy atom. The number of carbonyl (C=O) groups is 1. The van der Waals surface area contributed by atoms with Gasteiger partial charge in [-0.25, -0.2) is 4.79 Å². The molecule has 0 aromatic heterocycles. The third kappa shape index (κ3) is 2.98. The number of nitrogens with two attached hydrogens (primary N) is 1. The minimum atomic E-state index is -0.460. The Kier molecular flexibility index (Phi) is 4.17. The fourth-order valence-electron chi connectivity index (χ4n) is 1.02. The van der Waals surface area contributed by atoms with Crippen molar-refractivity contribution in [1.82, 2.24) is 0 Å². The molecule has 1 rings (SSSR count). The number of methoxy groups -OCH3 is 1. The first-order chi connectivity index (χ1) is 7.19. The molecule has 0 spiro atoms. The molecule has 0 unspecified atom stereocenters. The highest BCUT2D eigenvalue weighted by molar-refractivity contribution is 6.33. The highest BCUT2D eigenvalue weighted by atomic mass is 35.5. The molecule has 1 aromatic carbocycles. The molecule has 0 atom stereocenters. The first-order valence-electron chi connectivity index (χ1n) is 4.26. The van der Waals surface area contributed by atoms with Gasteiger partial charge in [0.2, 0.25) is 0 Å². The van der Waals surface area contributed by atoms with Crippen LogP contribution in [0.1, 0.15) is 15.9 Å². The second kappa shape index (κ2) is 5.40. The molecule has 3 nitrogen and oxygen atoms in total. The predicted molar refractivity (Wildman–Crippen MR) is 58.7 cm³/mol. The van der Waals surface area contributed by atoms with Crippen LogP contribution in [0.25, 0.3) is 0 Å². The number of esters is 1. The molecule has 4 heteroatoms. The average molecular weight is 224 g/mol. The zero-order valence-electron chi connectivity index (χ0n) is 8.21. The standard InChI is InChI=1S/C11H10ClNO2/c1-15-11(14)9-5-4-8(3-2-6-13)7-10(9)12/h4-5,7H,6,13H2,1H3. The van der Waals surface area contributed by atoms with E-state index in [9.17, 15) is 4.79 Å². The summed E-state index contributed by atoms with van der Waals surface area (Å²) >= 11 is 5.88. The summed E-state index contributed by atoms with van der Waals surface area (Å²) in [5.41, 5.74) is 6.28. The van der Waals surface area contributed by atoms with E-state index in [2.05, 4.69) is 16.6 Å². The van der Waals surface area contributed by atoms with E-state index in [1.165, 1.54) is 7.11 Å². The van der Waals surface area contributed by atoms with Gasteiger partial charge in [-0.3, -0.25) is 0 Å². The highest BCUT2D eigenvalue weighted by Crippen LogP contribution is 2.18. The Labute approximate surface area is 93.2 Å². The summed E-state index contributed by atoms with van der Waals surface area (Å²) in [6.07, 6.45) is 0. The molecule has 0 aliphatic heterocycles. The molecule has 0 saturated heterocycles. The zero-order chi connectivity index (χ0) is 11.3. The number of carbonyl (C=O) groups excluding carboxylic acids is 1. The van der Waals surface area contributed by atoms with Gasteiger partial charge >= 0.3 is 5.97 Å². The molecule has 0 amide bonds. The summed E-state index contributed by atoms with van der Waals surface area (Å²) in [5, 5.41) is 0.325. The number of ether oxygens (including phenoxy) is 1. The fourth-order valence-corrected chi connectivity index (χ4v) is 1.28. The second-order valence-electron chi connectivity index (χ2n) is 2.69. The van der Waals surface area contributed by atoms with E-state index in [0.717, 1.165) is 5.56 Å². The molecule has 78 valence electrons. The van der Waals surface area contributed by atoms with E-state index < -0.39 is 5.97 Å². The molecule has 0 radical (unpaired) electrons. The summed E-state index contributed by atoms with van der Waals surface area (Å²) in [5.74, 6) is 5.06. The number of rotatable bonds is 1. The topological polar surface area (TPSA) is 52.3 Å². The first kappa shape index (κ1) is 11.6. The van der Waals surface area contributed by atoms with Crippen molar-refractivity contribution < 1.29 is 9.53 Å². The monoisotopic (exact) mass is 223 g/mol. The van der Waals surface area contributed by atoms with Crippen molar-refractivity contribution >= 4 is 17.6 Å². The van der Waals surface area contributed by atoms with Crippen LogP contribution in [0, 0.1) is 11.8 Å². The molecule has 1 aromatic rings. The van der Waals surface area contributed by atoms with Gasteiger partial charge in [-0.2, -0.15) is 0 Å². The lowest BCUT2D eigenvalue weighted by Crippen LogP contribution is -2.02. The van der Waals surface area contributed by atoms with Gasteiger partial charge in [-0.05, 0) is 18.2 Å². The Morgan fingerprint density at radius 2 is 2.33 bits per heavy atom. The van der Waals surface area contributed by atoms with Crippen molar-refractivity contribution in [3.05, 3.63) is 34.3 Å². The van der Waals surface area contributed by atoms with E-state index in [1.54, 1.807) is 18.2 Å². The lowest BCUT2D eigenvalue weighted by molar-refractivity contribution is 0.0601. The van der Waals surface area contributed by atoms with Crippen LogP contribution >= 0.6 is 11.6 Å². The van der Waals surface area contributed by atoms with Crippen LogP contribution in [-0.2, 0) is 4.74 Å². The van der Waals surface area contributed by atoms with Crippen LogP contribution in [0.4, 0.5) is 0 Å². The van der Waals surface area contributed by atoms with Crippen LogP contribution in [0.3, 0.4) is 0 Å². The largest absolute Gasteiger partial charge is 0.465 e.